The number of aromatic hydroxyl groups is 1. The minimum atomic E-state index is -1.61. The minimum absolute atomic E-state index is 0.00651. The number of hydrogen-bond acceptors (Lipinski definition) is 29. The van der Waals surface area contributed by atoms with Gasteiger partial charge in [-0.25, -0.2) is 37.2 Å². The molecular formula is C94H130N4O27S2. The first-order valence-electron chi connectivity index (χ1n) is 40.9. The van der Waals surface area contributed by atoms with Gasteiger partial charge in [-0.2, -0.15) is 8.70 Å². The smallest absolute Gasteiger partial charge is 0.417 e. The number of benzene rings is 7. The maximum Gasteiger partial charge on any atom is 0.417 e. The van der Waals surface area contributed by atoms with Gasteiger partial charge in [-0.05, 0) is 250 Å². The molecule has 0 bridgehead atoms. The van der Waals surface area contributed by atoms with Crippen molar-refractivity contribution in [2.75, 3.05) is 122 Å². The number of methoxy groups -OCH3 is 4. The number of carbonyl (C=O) groups is 7. The molecule has 700 valence electrons. The van der Waals surface area contributed by atoms with E-state index in [1.807, 2.05) is 168 Å². The standard InChI is InChI=1S/C18H27NO5S.C17H25NO5S.C13H16O5.C12H15NO3.C10H13NO2.C10H14O2.C8H10O.C6H10O4/c1-7-23-16(20)18(11-19(18)25(21)17(3,4)5)14-9-8-13(2)10-15(14)24-12-22-6;1-7-22-16(19)15(18-24(20)17(3,4)5)13-9-8-12(2)10-14(13)23-11-21-6;1-4-17-13(15)12(14)10-6-5-9(2)7-11(10)18-8-16-3;1-3-15-11(14)12(13)7-16-10-6-8(2)4-5-9(10)12;1-7-2-3-8-9(4-7)13-6-10(8,11)5-12;1-8-4-5-9(2)10(6-8)12-7-11-3;1-6-3-4-7(2)8(9)5-6;1-3-9-5(7)6(8)10-4-2/h8-10H,7,11-12H2,1-6H3;8-10H,7,11H2,1-6H3;5-7H,4,8H2,1-3H3;4-6H,3,7,13H2,1-2H3;2-4,12H,5-6,11H2,1H3;4-6H,7H2,1-3H3;3-5,9H,1-2H3;3-4H2,1-2H3. The first-order valence-corrected chi connectivity index (χ1v) is 43.2. The summed E-state index contributed by atoms with van der Waals surface area (Å²) in [6, 6.07) is 39.1. The lowest BCUT2D eigenvalue weighted by Gasteiger charge is -2.24. The Balaban J connectivity index is 0.000000383. The number of ether oxygens (including phenoxy) is 16. The van der Waals surface area contributed by atoms with Crippen LogP contribution in [0.15, 0.2) is 132 Å². The molecule has 0 radical (unpaired) electrons. The Hall–Kier alpha value is -10.7. The van der Waals surface area contributed by atoms with Crippen molar-refractivity contribution in [2.24, 2.45) is 15.9 Å². The molecule has 6 atom stereocenters. The molecule has 31 nitrogen and oxygen atoms in total. The Kier molecular flexibility index (Phi) is 46.8. The zero-order valence-electron chi connectivity index (χ0n) is 78.0. The van der Waals surface area contributed by atoms with Crippen LogP contribution in [0.4, 0.5) is 0 Å². The van der Waals surface area contributed by atoms with Crippen molar-refractivity contribution in [2.45, 2.75) is 172 Å². The molecule has 3 aliphatic heterocycles. The van der Waals surface area contributed by atoms with Crippen LogP contribution in [0.3, 0.4) is 0 Å². The van der Waals surface area contributed by atoms with E-state index in [-0.39, 0.29) is 77.9 Å². The number of rotatable bonds is 28. The van der Waals surface area contributed by atoms with E-state index in [9.17, 15) is 42.0 Å². The number of phenolic OH excluding ortho intramolecular Hbond substituents is 1. The van der Waals surface area contributed by atoms with Crippen molar-refractivity contribution in [3.8, 4) is 40.2 Å². The van der Waals surface area contributed by atoms with Crippen LogP contribution in [-0.4, -0.2) is 201 Å². The molecule has 7 aromatic carbocycles. The first-order chi connectivity index (χ1) is 59.9. The Bertz CT molecular complexity index is 4830. The molecule has 6 N–H and O–H groups in total. The zero-order valence-corrected chi connectivity index (χ0v) is 79.6. The number of aliphatic hydroxyl groups excluding tert-OH is 1. The van der Waals surface area contributed by atoms with Crippen LogP contribution in [0.5, 0.6) is 40.2 Å². The van der Waals surface area contributed by atoms with Crippen LogP contribution in [0.25, 0.3) is 0 Å². The van der Waals surface area contributed by atoms with E-state index in [0.29, 0.717) is 72.0 Å². The van der Waals surface area contributed by atoms with Gasteiger partial charge in [0, 0.05) is 51.7 Å². The van der Waals surface area contributed by atoms with Crippen LogP contribution in [0.2, 0.25) is 0 Å². The molecular weight excluding hydrogens is 1680 g/mol. The predicted octanol–water partition coefficient (Wildman–Crippen LogP) is 13.1. The molecule has 3 heterocycles. The summed E-state index contributed by atoms with van der Waals surface area (Å²) in [5.74, 6) is -0.885. The topological polar surface area (TPSA) is 409 Å². The lowest BCUT2D eigenvalue weighted by Crippen LogP contribution is -2.47. The number of aliphatic hydroxyl groups is 1. The van der Waals surface area contributed by atoms with Crippen molar-refractivity contribution in [3.63, 3.8) is 0 Å². The summed E-state index contributed by atoms with van der Waals surface area (Å²) in [7, 11) is 3.18. The molecule has 33 heteroatoms. The second kappa shape index (κ2) is 53.8. The molecule has 1 saturated heterocycles. The van der Waals surface area contributed by atoms with Gasteiger partial charge in [-0.15, -0.1) is 0 Å². The average Bonchev–Trinajstić information content (AvgIpc) is 1.54. The largest absolute Gasteiger partial charge is 0.508 e. The van der Waals surface area contributed by atoms with Crippen molar-refractivity contribution >= 4 is 69.3 Å². The van der Waals surface area contributed by atoms with Gasteiger partial charge in [-0.1, -0.05) is 72.8 Å². The molecule has 6 unspecified atom stereocenters. The Morgan fingerprint density at radius 2 is 0.803 bits per heavy atom. The van der Waals surface area contributed by atoms with Crippen LogP contribution in [-0.2, 0) is 115 Å². The maximum absolute atomic E-state index is 12.9. The van der Waals surface area contributed by atoms with Crippen molar-refractivity contribution in [1.82, 2.24) is 4.31 Å². The Morgan fingerprint density at radius 3 is 1.26 bits per heavy atom. The van der Waals surface area contributed by atoms with E-state index < -0.39 is 89.7 Å². The third kappa shape index (κ3) is 34.1. The van der Waals surface area contributed by atoms with Crippen LogP contribution in [0.1, 0.15) is 166 Å². The van der Waals surface area contributed by atoms with Crippen molar-refractivity contribution in [1.29, 1.82) is 0 Å². The number of esters is 6. The maximum atomic E-state index is 12.9. The first kappa shape index (κ1) is 110. The fourth-order valence-corrected chi connectivity index (χ4v) is 13.2. The summed E-state index contributed by atoms with van der Waals surface area (Å²) in [4.78, 5) is 81.0. The number of ketones is 1. The van der Waals surface area contributed by atoms with Gasteiger partial charge in [0.2, 0.25) is 0 Å². The molecule has 7 aromatic rings. The van der Waals surface area contributed by atoms with Crippen LogP contribution >= 0.6 is 0 Å². The highest BCUT2D eigenvalue weighted by atomic mass is 32.2. The van der Waals surface area contributed by atoms with E-state index in [2.05, 4.69) is 24.7 Å². The van der Waals surface area contributed by atoms with Crippen LogP contribution in [0, 0.1) is 62.3 Å². The SMILES string of the molecule is CCOC(=O)C(=NS(=O)C(C)(C)C)c1ccc(C)cc1OCOC.CCOC(=O)C(=O)OCC.CCOC(=O)C(=O)c1ccc(C)cc1OCOC.CCOC(=O)C1(N)COc2cc(C)ccc21.CCOC(=O)C1(c2ccc(C)cc2OCOC)CN1S(=O)C(C)(C)C.COCOc1cc(C)ccc1C.Cc1ccc(C)c(O)c1.Cc1ccc2c(c1)OCC2(N)CO. The van der Waals surface area contributed by atoms with Crippen molar-refractivity contribution in [3.05, 3.63) is 205 Å². The van der Waals surface area contributed by atoms with E-state index in [0.717, 1.165) is 61.6 Å². The normalized spacial score (nSPS) is 16.4. The number of carbonyl (C=O) groups excluding carboxylic acids is 7. The van der Waals surface area contributed by atoms with Gasteiger partial charge < -0.3 is 97.5 Å². The second-order valence-corrected chi connectivity index (χ2v) is 34.9. The number of aryl methyl sites for hydroxylation is 9. The molecule has 0 spiro atoms. The summed E-state index contributed by atoms with van der Waals surface area (Å²) < 4.78 is 111. The lowest BCUT2D eigenvalue weighted by atomic mass is 9.93. The Morgan fingerprint density at radius 1 is 0.433 bits per heavy atom. The molecule has 3 aliphatic rings. The summed E-state index contributed by atoms with van der Waals surface area (Å²) in [5, 5.41) is 18.2. The third-order valence-electron chi connectivity index (χ3n) is 17.9. The van der Waals surface area contributed by atoms with Gasteiger partial charge in [0.25, 0.3) is 5.78 Å². The van der Waals surface area contributed by atoms with Gasteiger partial charge in [0.1, 0.15) is 81.0 Å². The number of hydrogen-bond donors (Lipinski definition) is 4. The summed E-state index contributed by atoms with van der Waals surface area (Å²) in [6.07, 6.45) is 0. The average molecular weight is 1810 g/mol. The van der Waals surface area contributed by atoms with Gasteiger partial charge in [0.15, 0.2) is 44.0 Å². The molecule has 0 saturated carbocycles. The highest BCUT2D eigenvalue weighted by Gasteiger charge is 2.66. The molecule has 10 rings (SSSR count). The molecule has 0 amide bonds. The number of nitrogens with two attached hydrogens (primary N) is 2. The molecule has 127 heavy (non-hydrogen) atoms. The zero-order chi connectivity index (χ0) is 95.7. The van der Waals surface area contributed by atoms with Gasteiger partial charge in [0.05, 0.1) is 66.9 Å². The van der Waals surface area contributed by atoms with Gasteiger partial charge in [-0.3, -0.25) is 4.79 Å². The Labute approximate surface area is 752 Å². The minimum Gasteiger partial charge on any atom is -0.508 e. The monoisotopic (exact) mass is 1810 g/mol. The highest BCUT2D eigenvalue weighted by Crippen LogP contribution is 2.51. The third-order valence-corrected chi connectivity index (χ3v) is 21.2. The molecule has 1 fully saturated rings. The molecule has 0 aliphatic carbocycles. The second-order valence-electron chi connectivity index (χ2n) is 30.8. The number of fused-ring (bicyclic) bond motifs is 2. The predicted molar refractivity (Wildman–Crippen MR) is 484 cm³/mol. The lowest BCUT2D eigenvalue weighted by molar-refractivity contribution is -0.167. The van der Waals surface area contributed by atoms with E-state index in [1.165, 1.54) is 26.9 Å². The number of Topliss-reactive ketones (excluding diaryl/α,β-unsaturated/α-hetero) is 1. The van der Waals surface area contributed by atoms with Gasteiger partial charge >= 0.3 is 35.8 Å². The number of phenols is 1. The van der Waals surface area contributed by atoms with Crippen LogP contribution < -0.4 is 39.9 Å². The summed E-state index contributed by atoms with van der Waals surface area (Å²) >= 11 is 0. The summed E-state index contributed by atoms with van der Waals surface area (Å²) in [5.41, 5.74) is 21.4. The van der Waals surface area contributed by atoms with E-state index >= 15 is 0 Å². The fourth-order valence-electron chi connectivity index (χ4n) is 11.2. The quantitative estimate of drug-likeness (QED) is 0.00673. The highest BCUT2D eigenvalue weighted by molar-refractivity contribution is 7.85. The fraction of sp³-hybridized carbons (Fsp3) is 0.468. The van der Waals surface area contributed by atoms with E-state index in [4.69, 9.17) is 83.3 Å². The van der Waals surface area contributed by atoms with Crippen molar-refractivity contribution < 1.29 is 128 Å². The molecule has 0 aromatic heterocycles. The summed E-state index contributed by atoms with van der Waals surface area (Å²) in [6.45, 7) is 41.2. The number of nitrogens with zero attached hydrogens (tertiary/aromatic N) is 2. The van der Waals surface area contributed by atoms with E-state index in [1.54, 1.807) is 110 Å².